The third-order valence-corrected chi connectivity index (χ3v) is 4.62. The van der Waals surface area contributed by atoms with Crippen molar-refractivity contribution in [2.75, 3.05) is 24.5 Å². The minimum atomic E-state index is 0. The Kier molecular flexibility index (Phi) is 3.91. The van der Waals surface area contributed by atoms with Gasteiger partial charge in [0, 0.05) is 31.6 Å². The van der Waals surface area contributed by atoms with Crippen LogP contribution in [0.2, 0.25) is 0 Å². The van der Waals surface area contributed by atoms with Crippen LogP contribution in [0.25, 0.3) is 11.5 Å². The maximum atomic E-state index is 4.74. The molecule has 1 fully saturated rings. The van der Waals surface area contributed by atoms with Crippen molar-refractivity contribution in [3.63, 3.8) is 0 Å². The minimum Gasteiger partial charge on any atom is -0.348 e. The van der Waals surface area contributed by atoms with Crippen molar-refractivity contribution >= 4 is 28.9 Å². The lowest BCUT2D eigenvalue weighted by atomic mass is 10.4. The van der Waals surface area contributed by atoms with Crippen LogP contribution >= 0.6 is 23.7 Å². The molecule has 2 aromatic heterocycles. The first-order valence-corrected chi connectivity index (χ1v) is 7.63. The zero-order valence-electron chi connectivity index (χ0n) is 11.1. The molecule has 6 nitrogen and oxygen atoms in total. The molecule has 0 aliphatic carbocycles. The fraction of sp³-hybridized carbons (Fsp3) is 0.583. The van der Waals surface area contributed by atoms with Crippen molar-refractivity contribution < 1.29 is 0 Å². The second kappa shape index (κ2) is 5.67. The van der Waals surface area contributed by atoms with Crippen LogP contribution in [-0.2, 0) is 13.1 Å². The first-order valence-electron chi connectivity index (χ1n) is 6.75. The first-order chi connectivity index (χ1) is 9.42. The van der Waals surface area contributed by atoms with Gasteiger partial charge in [-0.15, -0.1) is 33.9 Å². The highest BCUT2D eigenvalue weighted by Crippen LogP contribution is 2.29. The molecule has 0 radical (unpaired) electrons. The highest BCUT2D eigenvalue weighted by Gasteiger charge is 2.21. The molecule has 0 aromatic carbocycles. The summed E-state index contributed by atoms with van der Waals surface area (Å²) >= 11 is 1.71. The topological polar surface area (TPSA) is 58.9 Å². The van der Waals surface area contributed by atoms with Crippen LogP contribution in [0.1, 0.15) is 18.7 Å². The Hall–Kier alpha value is -1.18. The zero-order valence-corrected chi connectivity index (χ0v) is 12.7. The Balaban J connectivity index is 0.00000121. The molecule has 20 heavy (non-hydrogen) atoms. The Bertz CT molecular complexity index is 589. The number of rotatable bonds is 2. The van der Waals surface area contributed by atoms with E-state index in [9.17, 15) is 0 Å². The van der Waals surface area contributed by atoms with E-state index in [1.165, 1.54) is 12.8 Å². The van der Waals surface area contributed by atoms with Crippen molar-refractivity contribution in [3.05, 3.63) is 11.2 Å². The Morgan fingerprint density at radius 3 is 2.85 bits per heavy atom. The Labute approximate surface area is 127 Å². The van der Waals surface area contributed by atoms with E-state index < -0.39 is 0 Å². The average Bonchev–Trinajstić information content (AvgIpc) is 3.18. The monoisotopic (exact) mass is 312 g/mol. The summed E-state index contributed by atoms with van der Waals surface area (Å²) in [4.78, 5) is 7.11. The molecule has 1 saturated heterocycles. The highest BCUT2D eigenvalue weighted by atomic mass is 35.5. The SMILES string of the molecule is Cl.c1sc(N2CCCC2)nc1-c1nnc2n1CCNC2. The summed E-state index contributed by atoms with van der Waals surface area (Å²) in [6.07, 6.45) is 2.56. The predicted molar refractivity (Wildman–Crippen MR) is 81.5 cm³/mol. The first kappa shape index (κ1) is 13.8. The van der Waals surface area contributed by atoms with E-state index in [1.807, 2.05) is 0 Å². The number of fused-ring (bicyclic) bond motifs is 1. The van der Waals surface area contributed by atoms with Gasteiger partial charge < -0.3 is 14.8 Å². The van der Waals surface area contributed by atoms with Crippen molar-refractivity contribution in [1.29, 1.82) is 0 Å². The van der Waals surface area contributed by atoms with Crippen molar-refractivity contribution in [3.8, 4) is 11.5 Å². The summed E-state index contributed by atoms with van der Waals surface area (Å²) in [5, 5.41) is 15.1. The van der Waals surface area contributed by atoms with Crippen LogP contribution < -0.4 is 10.2 Å². The quantitative estimate of drug-likeness (QED) is 0.911. The van der Waals surface area contributed by atoms with Gasteiger partial charge in [0.25, 0.3) is 0 Å². The van der Waals surface area contributed by atoms with Gasteiger partial charge >= 0.3 is 0 Å². The Morgan fingerprint density at radius 2 is 2.00 bits per heavy atom. The summed E-state index contributed by atoms with van der Waals surface area (Å²) in [5.41, 5.74) is 0.965. The molecule has 2 aliphatic rings. The normalized spacial score (nSPS) is 17.9. The van der Waals surface area contributed by atoms with Crippen LogP contribution in [0.15, 0.2) is 5.38 Å². The van der Waals surface area contributed by atoms with Crippen LogP contribution in [0.4, 0.5) is 5.13 Å². The molecule has 8 heteroatoms. The number of hydrogen-bond donors (Lipinski definition) is 1. The molecule has 0 amide bonds. The summed E-state index contributed by atoms with van der Waals surface area (Å²) < 4.78 is 2.18. The van der Waals surface area contributed by atoms with E-state index in [-0.39, 0.29) is 12.4 Å². The van der Waals surface area contributed by atoms with E-state index in [0.717, 1.165) is 55.2 Å². The molecule has 0 unspecified atom stereocenters. The number of thiazole rings is 1. The molecule has 0 saturated carbocycles. The van der Waals surface area contributed by atoms with E-state index in [0.29, 0.717) is 0 Å². The fourth-order valence-electron chi connectivity index (χ4n) is 2.70. The lowest BCUT2D eigenvalue weighted by Crippen LogP contribution is -2.28. The minimum absolute atomic E-state index is 0. The fourth-order valence-corrected chi connectivity index (χ4v) is 3.56. The van der Waals surface area contributed by atoms with Gasteiger partial charge in [0.15, 0.2) is 11.0 Å². The number of aromatic nitrogens is 4. The number of nitrogens with one attached hydrogen (secondary N) is 1. The van der Waals surface area contributed by atoms with E-state index in [1.54, 1.807) is 11.3 Å². The van der Waals surface area contributed by atoms with Crippen LogP contribution in [-0.4, -0.2) is 39.4 Å². The standard InChI is InChI=1S/C12H16N6S.ClH/c1-2-5-17(4-1)12-14-9(8-19-12)11-16-15-10-7-13-3-6-18(10)11;/h8,13H,1-7H2;1H. The molecule has 1 N–H and O–H groups in total. The second-order valence-corrected chi connectivity index (χ2v) is 5.81. The smallest absolute Gasteiger partial charge is 0.185 e. The third-order valence-electron chi connectivity index (χ3n) is 3.72. The molecule has 108 valence electrons. The second-order valence-electron chi connectivity index (χ2n) is 4.98. The number of nitrogens with zero attached hydrogens (tertiary/aromatic N) is 5. The maximum Gasteiger partial charge on any atom is 0.185 e. The van der Waals surface area contributed by atoms with Crippen LogP contribution in [0.5, 0.6) is 0 Å². The average molecular weight is 313 g/mol. The summed E-state index contributed by atoms with van der Waals surface area (Å²) in [5.74, 6) is 1.93. The van der Waals surface area contributed by atoms with Gasteiger partial charge in [-0.1, -0.05) is 0 Å². The van der Waals surface area contributed by atoms with Crippen molar-refractivity contribution in [2.45, 2.75) is 25.9 Å². The maximum absolute atomic E-state index is 4.74. The molecule has 4 heterocycles. The van der Waals surface area contributed by atoms with Crippen molar-refractivity contribution in [2.24, 2.45) is 0 Å². The molecule has 0 atom stereocenters. The molecule has 4 rings (SSSR count). The van der Waals surface area contributed by atoms with Gasteiger partial charge in [-0.25, -0.2) is 4.98 Å². The van der Waals surface area contributed by atoms with E-state index >= 15 is 0 Å². The van der Waals surface area contributed by atoms with Crippen LogP contribution in [0, 0.1) is 0 Å². The predicted octanol–water partition coefficient (Wildman–Crippen LogP) is 1.53. The highest BCUT2D eigenvalue weighted by molar-refractivity contribution is 7.14. The molecule has 2 aromatic rings. The zero-order chi connectivity index (χ0) is 12.7. The molecular formula is C12H17ClN6S. The van der Waals surface area contributed by atoms with Gasteiger partial charge in [-0.2, -0.15) is 0 Å². The van der Waals surface area contributed by atoms with Crippen LogP contribution in [0.3, 0.4) is 0 Å². The van der Waals surface area contributed by atoms with Gasteiger partial charge in [-0.05, 0) is 12.8 Å². The van der Waals surface area contributed by atoms with Gasteiger partial charge in [0.2, 0.25) is 0 Å². The lowest BCUT2D eigenvalue weighted by molar-refractivity contribution is 0.508. The van der Waals surface area contributed by atoms with Gasteiger partial charge in [-0.3, -0.25) is 0 Å². The van der Waals surface area contributed by atoms with Gasteiger partial charge in [0.05, 0.1) is 6.54 Å². The van der Waals surface area contributed by atoms with Crippen molar-refractivity contribution in [1.82, 2.24) is 25.1 Å². The number of anilines is 1. The molecule has 0 bridgehead atoms. The Morgan fingerprint density at radius 1 is 1.15 bits per heavy atom. The lowest BCUT2D eigenvalue weighted by Gasteiger charge is -2.15. The van der Waals surface area contributed by atoms with Gasteiger partial charge in [0.1, 0.15) is 11.5 Å². The number of hydrogen-bond acceptors (Lipinski definition) is 6. The molecular weight excluding hydrogens is 296 g/mol. The molecule has 0 spiro atoms. The largest absolute Gasteiger partial charge is 0.348 e. The summed E-state index contributed by atoms with van der Waals surface area (Å²) in [7, 11) is 0. The van der Waals surface area contributed by atoms with E-state index in [2.05, 4.69) is 30.4 Å². The summed E-state index contributed by atoms with van der Waals surface area (Å²) in [6.45, 7) is 4.97. The third kappa shape index (κ3) is 2.30. The molecule has 2 aliphatic heterocycles. The van der Waals surface area contributed by atoms with E-state index in [4.69, 9.17) is 4.98 Å². The number of halogens is 1. The summed E-state index contributed by atoms with van der Waals surface area (Å²) in [6, 6.07) is 0.